The molecule has 0 radical (unpaired) electrons. The minimum absolute atomic E-state index is 0.303. The molecule has 0 heterocycles. The third-order valence-electron chi connectivity index (χ3n) is 3.04. The minimum Gasteiger partial charge on any atom is -0.496 e. The van der Waals surface area contributed by atoms with Crippen molar-refractivity contribution < 1.29 is 4.74 Å². The molecule has 0 aliphatic carbocycles. The van der Waals surface area contributed by atoms with Crippen LogP contribution in [0.1, 0.15) is 52.1 Å². The summed E-state index contributed by atoms with van der Waals surface area (Å²) in [4.78, 5) is 0. The number of ether oxygens (including phenoxy) is 1. The van der Waals surface area contributed by atoms with Gasteiger partial charge < -0.3 is 10.1 Å². The molecule has 1 aromatic rings. The quantitative estimate of drug-likeness (QED) is 0.799. The lowest BCUT2D eigenvalue weighted by atomic mass is 9.85. The number of benzene rings is 1. The summed E-state index contributed by atoms with van der Waals surface area (Å²) >= 11 is 3.57. The maximum absolute atomic E-state index is 5.29. The highest BCUT2D eigenvalue weighted by atomic mass is 79.9. The van der Waals surface area contributed by atoms with Crippen LogP contribution in [0, 0.1) is 5.41 Å². The van der Waals surface area contributed by atoms with Gasteiger partial charge >= 0.3 is 0 Å². The van der Waals surface area contributed by atoms with E-state index >= 15 is 0 Å². The Morgan fingerprint density at radius 3 is 2.47 bits per heavy atom. The zero-order chi connectivity index (χ0) is 14.5. The fraction of sp³-hybridized carbons (Fsp3) is 0.625. The summed E-state index contributed by atoms with van der Waals surface area (Å²) in [5, 5.41) is 3.65. The van der Waals surface area contributed by atoms with E-state index in [0.29, 0.717) is 11.5 Å². The number of hydrogen-bond acceptors (Lipinski definition) is 2. The zero-order valence-electron chi connectivity index (χ0n) is 12.7. The molecule has 1 rings (SSSR count). The summed E-state index contributed by atoms with van der Waals surface area (Å²) in [6.07, 6.45) is 2.27. The van der Waals surface area contributed by atoms with Gasteiger partial charge in [-0.1, -0.05) is 33.8 Å². The van der Waals surface area contributed by atoms with Crippen molar-refractivity contribution >= 4 is 15.9 Å². The second-order valence-electron chi connectivity index (χ2n) is 6.17. The van der Waals surface area contributed by atoms with Gasteiger partial charge in [-0.15, -0.1) is 0 Å². The molecule has 1 N–H and O–H groups in total. The minimum atomic E-state index is 0.303. The van der Waals surface area contributed by atoms with E-state index in [2.05, 4.69) is 61.1 Å². The van der Waals surface area contributed by atoms with Crippen LogP contribution in [0.3, 0.4) is 0 Å². The Labute approximate surface area is 126 Å². The average molecular weight is 328 g/mol. The van der Waals surface area contributed by atoms with Crippen LogP contribution in [0.25, 0.3) is 0 Å². The molecule has 1 aromatic carbocycles. The maximum atomic E-state index is 5.29. The first-order valence-electron chi connectivity index (χ1n) is 6.94. The van der Waals surface area contributed by atoms with Crippen LogP contribution < -0.4 is 10.1 Å². The van der Waals surface area contributed by atoms with Crippen LogP contribution in [-0.4, -0.2) is 13.7 Å². The molecular formula is C16H26BrNO. The van der Waals surface area contributed by atoms with Gasteiger partial charge in [-0.2, -0.15) is 0 Å². The van der Waals surface area contributed by atoms with E-state index in [1.807, 2.05) is 6.07 Å². The molecule has 0 saturated carbocycles. The van der Waals surface area contributed by atoms with Gasteiger partial charge in [0.1, 0.15) is 5.75 Å². The molecule has 0 aromatic heterocycles. The topological polar surface area (TPSA) is 21.3 Å². The SMILES string of the molecule is CCCNC(CC(C)(C)C)c1ccc(OC)c(Br)c1. The first-order chi connectivity index (χ1) is 8.87. The lowest BCUT2D eigenvalue weighted by Gasteiger charge is -2.27. The van der Waals surface area contributed by atoms with E-state index in [9.17, 15) is 0 Å². The molecule has 1 atom stereocenters. The molecule has 0 aliphatic rings. The van der Waals surface area contributed by atoms with Crippen molar-refractivity contribution in [3.63, 3.8) is 0 Å². The predicted octanol–water partition coefficient (Wildman–Crippen LogP) is 4.93. The summed E-state index contributed by atoms with van der Waals surface area (Å²) in [5.74, 6) is 0.883. The normalized spacial score (nSPS) is 13.4. The molecule has 3 heteroatoms. The van der Waals surface area contributed by atoms with Crippen LogP contribution in [-0.2, 0) is 0 Å². The zero-order valence-corrected chi connectivity index (χ0v) is 14.3. The van der Waals surface area contributed by atoms with Crippen LogP contribution in [0.4, 0.5) is 0 Å². The van der Waals surface area contributed by atoms with Crippen molar-refractivity contribution in [3.05, 3.63) is 28.2 Å². The van der Waals surface area contributed by atoms with Crippen LogP contribution in [0.2, 0.25) is 0 Å². The van der Waals surface area contributed by atoms with E-state index < -0.39 is 0 Å². The van der Waals surface area contributed by atoms with Crippen molar-refractivity contribution in [2.45, 2.75) is 46.6 Å². The Bertz CT molecular complexity index is 398. The van der Waals surface area contributed by atoms with E-state index in [1.165, 1.54) is 5.56 Å². The van der Waals surface area contributed by atoms with Crippen molar-refractivity contribution in [3.8, 4) is 5.75 Å². The van der Waals surface area contributed by atoms with Gasteiger partial charge in [0.25, 0.3) is 0 Å². The number of rotatable bonds is 6. The fourth-order valence-corrected chi connectivity index (χ4v) is 2.70. The standard InChI is InChI=1S/C16H26BrNO/c1-6-9-18-14(11-16(2,3)4)12-7-8-15(19-5)13(17)10-12/h7-8,10,14,18H,6,9,11H2,1-5H3. The summed E-state index contributed by atoms with van der Waals surface area (Å²) in [6, 6.07) is 6.74. The van der Waals surface area contributed by atoms with E-state index in [0.717, 1.165) is 29.6 Å². The van der Waals surface area contributed by atoms with E-state index in [-0.39, 0.29) is 0 Å². The van der Waals surface area contributed by atoms with Gasteiger partial charge in [-0.3, -0.25) is 0 Å². The summed E-state index contributed by atoms with van der Waals surface area (Å²) in [6.45, 7) is 10.1. The predicted molar refractivity (Wildman–Crippen MR) is 85.8 cm³/mol. The first kappa shape index (κ1) is 16.5. The Kier molecular flexibility index (Phi) is 6.34. The molecule has 0 aliphatic heterocycles. The summed E-state index contributed by atoms with van der Waals surface area (Å²) in [5.41, 5.74) is 1.62. The van der Waals surface area contributed by atoms with Crippen molar-refractivity contribution in [2.24, 2.45) is 5.41 Å². The van der Waals surface area contributed by atoms with Crippen LogP contribution in [0.15, 0.2) is 22.7 Å². The smallest absolute Gasteiger partial charge is 0.133 e. The number of halogens is 1. The summed E-state index contributed by atoms with van der Waals surface area (Å²) < 4.78 is 6.31. The number of methoxy groups -OCH3 is 1. The van der Waals surface area contributed by atoms with Crippen molar-refractivity contribution in [2.75, 3.05) is 13.7 Å². The van der Waals surface area contributed by atoms with Crippen LogP contribution >= 0.6 is 15.9 Å². The lowest BCUT2D eigenvalue weighted by Crippen LogP contribution is -2.26. The first-order valence-corrected chi connectivity index (χ1v) is 7.73. The van der Waals surface area contributed by atoms with Gasteiger partial charge in [-0.05, 0) is 58.4 Å². The van der Waals surface area contributed by atoms with Gasteiger partial charge in [0.2, 0.25) is 0 Å². The van der Waals surface area contributed by atoms with Gasteiger partial charge in [0, 0.05) is 6.04 Å². The van der Waals surface area contributed by atoms with Gasteiger partial charge in [-0.25, -0.2) is 0 Å². The maximum Gasteiger partial charge on any atom is 0.133 e. The highest BCUT2D eigenvalue weighted by Crippen LogP contribution is 2.33. The monoisotopic (exact) mass is 327 g/mol. The number of nitrogens with one attached hydrogen (secondary N) is 1. The molecular weight excluding hydrogens is 302 g/mol. The molecule has 0 amide bonds. The average Bonchev–Trinajstić information content (AvgIpc) is 2.33. The molecule has 1 unspecified atom stereocenters. The molecule has 0 fully saturated rings. The largest absolute Gasteiger partial charge is 0.496 e. The number of hydrogen-bond donors (Lipinski definition) is 1. The summed E-state index contributed by atoms with van der Waals surface area (Å²) in [7, 11) is 1.70. The fourth-order valence-electron chi connectivity index (χ4n) is 2.14. The van der Waals surface area contributed by atoms with Gasteiger partial charge in [0.15, 0.2) is 0 Å². The second kappa shape index (κ2) is 7.30. The van der Waals surface area contributed by atoms with Crippen molar-refractivity contribution in [1.29, 1.82) is 0 Å². The Morgan fingerprint density at radius 2 is 2.00 bits per heavy atom. The molecule has 108 valence electrons. The Hall–Kier alpha value is -0.540. The highest BCUT2D eigenvalue weighted by molar-refractivity contribution is 9.10. The molecule has 2 nitrogen and oxygen atoms in total. The highest BCUT2D eigenvalue weighted by Gasteiger charge is 2.20. The van der Waals surface area contributed by atoms with E-state index in [1.54, 1.807) is 7.11 Å². The third kappa shape index (κ3) is 5.53. The molecule has 0 saturated heterocycles. The van der Waals surface area contributed by atoms with Crippen LogP contribution in [0.5, 0.6) is 5.75 Å². The third-order valence-corrected chi connectivity index (χ3v) is 3.66. The molecule has 19 heavy (non-hydrogen) atoms. The van der Waals surface area contributed by atoms with Crippen molar-refractivity contribution in [1.82, 2.24) is 5.32 Å². The second-order valence-corrected chi connectivity index (χ2v) is 7.02. The Balaban J connectivity index is 2.93. The lowest BCUT2D eigenvalue weighted by molar-refractivity contribution is 0.311. The van der Waals surface area contributed by atoms with Gasteiger partial charge in [0.05, 0.1) is 11.6 Å². The van der Waals surface area contributed by atoms with E-state index in [4.69, 9.17) is 4.74 Å². The molecule has 0 bridgehead atoms. The molecule has 0 spiro atoms. The Morgan fingerprint density at radius 1 is 1.32 bits per heavy atom.